The lowest BCUT2D eigenvalue weighted by atomic mass is 10.3. The third-order valence-electron chi connectivity index (χ3n) is 1.72. The fourth-order valence-electron chi connectivity index (χ4n) is 0.944. The van der Waals surface area contributed by atoms with E-state index < -0.39 is 4.92 Å². The SMILES string of the molecule is O=[N+]([O-])c1cnc(NCCCCO)nc1. The fourth-order valence-corrected chi connectivity index (χ4v) is 0.944. The van der Waals surface area contributed by atoms with Gasteiger partial charge in [-0.25, -0.2) is 9.97 Å². The van der Waals surface area contributed by atoms with Gasteiger partial charge in [-0.2, -0.15) is 0 Å². The Bertz CT molecular complexity index is 314. The van der Waals surface area contributed by atoms with Crippen molar-refractivity contribution in [2.45, 2.75) is 12.8 Å². The molecule has 7 heteroatoms. The lowest BCUT2D eigenvalue weighted by molar-refractivity contribution is -0.385. The average molecular weight is 212 g/mol. The van der Waals surface area contributed by atoms with Gasteiger partial charge in [0.05, 0.1) is 4.92 Å². The Balaban J connectivity index is 2.39. The minimum atomic E-state index is -0.546. The summed E-state index contributed by atoms with van der Waals surface area (Å²) < 4.78 is 0. The van der Waals surface area contributed by atoms with Gasteiger partial charge in [-0.1, -0.05) is 0 Å². The van der Waals surface area contributed by atoms with Crippen LogP contribution in [0.5, 0.6) is 0 Å². The van der Waals surface area contributed by atoms with E-state index in [2.05, 4.69) is 15.3 Å². The normalized spacial score (nSPS) is 9.93. The van der Waals surface area contributed by atoms with Crippen molar-refractivity contribution in [3.8, 4) is 0 Å². The molecular formula is C8H12N4O3. The molecule has 0 aromatic carbocycles. The highest BCUT2D eigenvalue weighted by Gasteiger charge is 2.05. The monoisotopic (exact) mass is 212 g/mol. The number of unbranched alkanes of at least 4 members (excludes halogenated alkanes) is 1. The van der Waals surface area contributed by atoms with Gasteiger partial charge < -0.3 is 10.4 Å². The van der Waals surface area contributed by atoms with E-state index in [0.29, 0.717) is 18.9 Å². The number of aliphatic hydroxyl groups excluding tert-OH is 1. The Morgan fingerprint density at radius 3 is 2.60 bits per heavy atom. The first kappa shape index (κ1) is 11.3. The van der Waals surface area contributed by atoms with Crippen LogP contribution < -0.4 is 5.32 Å². The Morgan fingerprint density at radius 1 is 1.40 bits per heavy atom. The van der Waals surface area contributed by atoms with Crippen LogP contribution in [0.1, 0.15) is 12.8 Å². The van der Waals surface area contributed by atoms with Gasteiger partial charge in [0.1, 0.15) is 12.4 Å². The summed E-state index contributed by atoms with van der Waals surface area (Å²) in [4.78, 5) is 17.3. The van der Waals surface area contributed by atoms with Crippen LogP contribution in [0.2, 0.25) is 0 Å². The molecule has 1 rings (SSSR count). The summed E-state index contributed by atoms with van der Waals surface area (Å²) in [5.41, 5.74) is -0.129. The molecule has 7 nitrogen and oxygen atoms in total. The van der Waals surface area contributed by atoms with Crippen LogP contribution in [-0.4, -0.2) is 33.1 Å². The van der Waals surface area contributed by atoms with Crippen molar-refractivity contribution < 1.29 is 10.0 Å². The maximum atomic E-state index is 10.3. The first-order valence-electron chi connectivity index (χ1n) is 4.55. The molecule has 15 heavy (non-hydrogen) atoms. The van der Waals surface area contributed by atoms with E-state index in [4.69, 9.17) is 5.11 Å². The van der Waals surface area contributed by atoms with Crippen molar-refractivity contribution in [1.82, 2.24) is 9.97 Å². The predicted octanol–water partition coefficient (Wildman–Crippen LogP) is 0.569. The molecule has 0 aliphatic rings. The van der Waals surface area contributed by atoms with Gasteiger partial charge in [0.2, 0.25) is 5.95 Å². The third-order valence-corrected chi connectivity index (χ3v) is 1.72. The summed E-state index contributed by atoms with van der Waals surface area (Å²) in [5, 5.41) is 21.7. The minimum Gasteiger partial charge on any atom is -0.396 e. The van der Waals surface area contributed by atoms with Crippen LogP contribution in [0.3, 0.4) is 0 Å². The topological polar surface area (TPSA) is 101 Å². The standard InChI is InChI=1S/C8H12N4O3/c13-4-2-1-3-9-8-10-5-7(6-11-8)12(14)15/h5-6,13H,1-4H2,(H,9,10,11). The molecule has 0 aliphatic heterocycles. The van der Waals surface area contributed by atoms with Gasteiger partial charge in [0.15, 0.2) is 0 Å². The number of hydrogen-bond acceptors (Lipinski definition) is 6. The summed E-state index contributed by atoms with van der Waals surface area (Å²) in [7, 11) is 0. The summed E-state index contributed by atoms with van der Waals surface area (Å²) >= 11 is 0. The Labute approximate surface area is 86.3 Å². The van der Waals surface area contributed by atoms with Crippen LogP contribution in [0, 0.1) is 10.1 Å². The maximum absolute atomic E-state index is 10.3. The van der Waals surface area contributed by atoms with Crippen molar-refractivity contribution >= 4 is 11.6 Å². The molecule has 82 valence electrons. The van der Waals surface area contributed by atoms with Crippen LogP contribution in [0.4, 0.5) is 11.6 Å². The van der Waals surface area contributed by atoms with Crippen molar-refractivity contribution in [3.05, 3.63) is 22.5 Å². The van der Waals surface area contributed by atoms with Gasteiger partial charge in [-0.15, -0.1) is 0 Å². The van der Waals surface area contributed by atoms with E-state index in [-0.39, 0.29) is 12.3 Å². The van der Waals surface area contributed by atoms with E-state index >= 15 is 0 Å². The highest BCUT2D eigenvalue weighted by Crippen LogP contribution is 2.07. The van der Waals surface area contributed by atoms with Crippen molar-refractivity contribution in [3.63, 3.8) is 0 Å². The Hall–Kier alpha value is -1.76. The van der Waals surface area contributed by atoms with E-state index in [1.807, 2.05) is 0 Å². The van der Waals surface area contributed by atoms with Gasteiger partial charge >= 0.3 is 5.69 Å². The lowest BCUT2D eigenvalue weighted by Crippen LogP contribution is -2.06. The van der Waals surface area contributed by atoms with E-state index in [0.717, 1.165) is 18.8 Å². The molecule has 0 bridgehead atoms. The first-order chi connectivity index (χ1) is 7.24. The maximum Gasteiger partial charge on any atom is 0.305 e. The first-order valence-corrected chi connectivity index (χ1v) is 4.55. The number of aromatic nitrogens is 2. The Morgan fingerprint density at radius 2 is 2.07 bits per heavy atom. The van der Waals surface area contributed by atoms with Gasteiger partial charge in [0, 0.05) is 13.2 Å². The molecule has 1 aromatic rings. The smallest absolute Gasteiger partial charge is 0.305 e. The number of hydrogen-bond donors (Lipinski definition) is 2. The summed E-state index contributed by atoms with van der Waals surface area (Å²) in [5.74, 6) is 0.360. The molecule has 0 unspecified atom stereocenters. The predicted molar refractivity (Wildman–Crippen MR) is 53.5 cm³/mol. The largest absolute Gasteiger partial charge is 0.396 e. The van der Waals surface area contributed by atoms with E-state index in [1.165, 1.54) is 0 Å². The molecule has 0 saturated heterocycles. The summed E-state index contributed by atoms with van der Waals surface area (Å²) in [6, 6.07) is 0. The second kappa shape index (κ2) is 5.86. The van der Waals surface area contributed by atoms with Crippen LogP contribution in [0.15, 0.2) is 12.4 Å². The van der Waals surface area contributed by atoms with Crippen LogP contribution in [0.25, 0.3) is 0 Å². The zero-order valence-electron chi connectivity index (χ0n) is 8.09. The van der Waals surface area contributed by atoms with Gasteiger partial charge in [-0.3, -0.25) is 10.1 Å². The van der Waals surface area contributed by atoms with Crippen molar-refractivity contribution in [2.24, 2.45) is 0 Å². The number of nitrogens with zero attached hydrogens (tertiary/aromatic N) is 3. The number of nitrogens with one attached hydrogen (secondary N) is 1. The third kappa shape index (κ3) is 3.86. The molecule has 0 spiro atoms. The number of rotatable bonds is 6. The van der Waals surface area contributed by atoms with Crippen LogP contribution >= 0.6 is 0 Å². The quantitative estimate of drug-likeness (QED) is 0.406. The van der Waals surface area contributed by atoms with Gasteiger partial charge in [0.25, 0.3) is 0 Å². The van der Waals surface area contributed by atoms with Crippen molar-refractivity contribution in [2.75, 3.05) is 18.5 Å². The molecule has 0 radical (unpaired) electrons. The Kier molecular flexibility index (Phi) is 4.42. The zero-order valence-corrected chi connectivity index (χ0v) is 8.09. The minimum absolute atomic E-state index is 0.129. The number of anilines is 1. The van der Waals surface area contributed by atoms with Crippen LogP contribution in [-0.2, 0) is 0 Å². The van der Waals surface area contributed by atoms with Crippen molar-refractivity contribution in [1.29, 1.82) is 0 Å². The summed E-state index contributed by atoms with van der Waals surface area (Å²) in [6.07, 6.45) is 3.82. The zero-order chi connectivity index (χ0) is 11.1. The average Bonchev–Trinajstić information content (AvgIpc) is 2.25. The molecule has 0 aliphatic carbocycles. The second-order valence-corrected chi connectivity index (χ2v) is 2.88. The highest BCUT2D eigenvalue weighted by molar-refractivity contribution is 5.30. The molecule has 1 aromatic heterocycles. The molecule has 0 fully saturated rings. The molecule has 0 amide bonds. The highest BCUT2D eigenvalue weighted by atomic mass is 16.6. The molecular weight excluding hydrogens is 200 g/mol. The fraction of sp³-hybridized carbons (Fsp3) is 0.500. The molecule has 1 heterocycles. The van der Waals surface area contributed by atoms with Gasteiger partial charge in [-0.05, 0) is 12.8 Å². The lowest BCUT2D eigenvalue weighted by Gasteiger charge is -2.02. The molecule has 2 N–H and O–H groups in total. The molecule has 0 saturated carbocycles. The second-order valence-electron chi connectivity index (χ2n) is 2.88. The summed E-state index contributed by atoms with van der Waals surface area (Å²) in [6.45, 7) is 0.793. The van der Waals surface area contributed by atoms with E-state index in [1.54, 1.807) is 0 Å². The molecule has 0 atom stereocenters. The van der Waals surface area contributed by atoms with E-state index in [9.17, 15) is 10.1 Å². The number of nitro groups is 1. The number of aliphatic hydroxyl groups is 1.